The molecule has 64 heavy (non-hydrogen) atoms. The molecule has 2 N–H and O–H groups in total. The lowest BCUT2D eigenvalue weighted by molar-refractivity contribution is -0.135. The van der Waals surface area contributed by atoms with Crippen molar-refractivity contribution in [3.05, 3.63) is 129 Å². The number of hydrogen-bond donors (Lipinski definition) is 2. The van der Waals surface area contributed by atoms with Crippen LogP contribution in [0.3, 0.4) is 0 Å². The minimum Gasteiger partial charge on any atom is -0.466 e. The molecule has 2 aromatic carbocycles. The third-order valence-electron chi connectivity index (χ3n) is 11.9. The van der Waals surface area contributed by atoms with Crippen molar-refractivity contribution in [3.8, 4) is 22.3 Å². The number of benzene rings is 2. The van der Waals surface area contributed by atoms with E-state index in [0.717, 1.165) is 66.8 Å². The topological polar surface area (TPSA) is 110 Å². The quantitative estimate of drug-likeness (QED) is 0.127. The highest BCUT2D eigenvalue weighted by atomic mass is 16.5. The molecule has 0 saturated carbocycles. The third-order valence-corrected chi connectivity index (χ3v) is 11.9. The highest BCUT2D eigenvalue weighted by Gasteiger charge is 2.25. The number of nitrogens with zero attached hydrogens (tertiary/aromatic N) is 2. The van der Waals surface area contributed by atoms with Gasteiger partial charge < -0.3 is 19.4 Å². The van der Waals surface area contributed by atoms with Gasteiger partial charge in [0, 0.05) is 56.5 Å². The lowest BCUT2D eigenvalue weighted by Gasteiger charge is -2.26. The average molecular weight is 855 g/mol. The van der Waals surface area contributed by atoms with Gasteiger partial charge in [0.2, 0.25) is 0 Å². The van der Waals surface area contributed by atoms with Crippen molar-refractivity contribution in [3.63, 3.8) is 0 Å². The summed E-state index contributed by atoms with van der Waals surface area (Å²) >= 11 is 0. The first-order valence-corrected chi connectivity index (χ1v) is 22.0. The van der Waals surface area contributed by atoms with Crippen LogP contribution in [0.15, 0.2) is 72.8 Å². The third kappa shape index (κ3) is 9.52. The van der Waals surface area contributed by atoms with Crippen molar-refractivity contribution in [2.45, 2.75) is 105 Å². The van der Waals surface area contributed by atoms with E-state index in [4.69, 9.17) is 19.4 Å². The van der Waals surface area contributed by atoms with Gasteiger partial charge in [-0.3, -0.25) is 0 Å². The first kappa shape index (κ1) is 45.5. The number of H-pyrrole nitrogens is 2. The van der Waals surface area contributed by atoms with Crippen LogP contribution in [0.1, 0.15) is 139 Å². The van der Waals surface area contributed by atoms with Gasteiger partial charge in [-0.2, -0.15) is 0 Å². The molecule has 8 nitrogen and oxygen atoms in total. The monoisotopic (exact) mass is 854 g/mol. The van der Waals surface area contributed by atoms with Gasteiger partial charge in [0.15, 0.2) is 0 Å². The van der Waals surface area contributed by atoms with Crippen LogP contribution in [-0.4, -0.2) is 46.1 Å². The van der Waals surface area contributed by atoms with Crippen molar-refractivity contribution in [2.24, 2.45) is 0 Å². The number of hydrogen-bond acceptors (Lipinski definition) is 6. The van der Waals surface area contributed by atoms with Crippen LogP contribution >= 0.6 is 0 Å². The lowest BCUT2D eigenvalue weighted by atomic mass is 9.78. The zero-order chi connectivity index (χ0) is 46.5. The van der Waals surface area contributed by atoms with E-state index in [1.54, 1.807) is 12.2 Å². The molecule has 2 aliphatic rings. The van der Waals surface area contributed by atoms with Gasteiger partial charge in [0.25, 0.3) is 0 Å². The first-order chi connectivity index (χ1) is 29.9. The van der Waals surface area contributed by atoms with Crippen molar-refractivity contribution in [2.75, 3.05) is 14.2 Å². The molecule has 0 atom stereocenters. The van der Waals surface area contributed by atoms with Crippen molar-refractivity contribution >= 4 is 70.5 Å². The molecule has 0 spiro atoms. The number of rotatable bonds is 6. The summed E-state index contributed by atoms with van der Waals surface area (Å²) in [7, 11) is 2.75. The number of carbonyl (C=O) groups excluding carboxylic acids is 2. The molecule has 0 aliphatic carbocycles. The second-order valence-electron chi connectivity index (χ2n) is 20.9. The van der Waals surface area contributed by atoms with Crippen molar-refractivity contribution < 1.29 is 19.1 Å². The van der Waals surface area contributed by atoms with E-state index >= 15 is 0 Å². The molecular formula is C56H62N4O4. The van der Waals surface area contributed by atoms with E-state index < -0.39 is 11.9 Å². The fourth-order valence-electron chi connectivity index (χ4n) is 7.92. The van der Waals surface area contributed by atoms with Crippen LogP contribution < -0.4 is 0 Å². The number of aromatic nitrogens is 4. The fraction of sp³-hybridized carbons (Fsp3) is 0.321. The maximum Gasteiger partial charge on any atom is 0.330 e. The van der Waals surface area contributed by atoms with Gasteiger partial charge in [0.05, 0.1) is 37.0 Å². The number of esters is 2. The Balaban J connectivity index is 1.70. The van der Waals surface area contributed by atoms with Gasteiger partial charge >= 0.3 is 11.9 Å². The molecule has 0 saturated heterocycles. The summed E-state index contributed by atoms with van der Waals surface area (Å²) < 4.78 is 10.1. The van der Waals surface area contributed by atoms with E-state index in [-0.39, 0.29) is 21.7 Å². The molecule has 8 bridgehead atoms. The first-order valence-electron chi connectivity index (χ1n) is 22.0. The Morgan fingerprint density at radius 3 is 1.05 bits per heavy atom. The Labute approximate surface area is 378 Å². The Kier molecular flexibility index (Phi) is 12.0. The molecule has 330 valence electrons. The maximum atomic E-state index is 12.7. The zero-order valence-corrected chi connectivity index (χ0v) is 39.9. The van der Waals surface area contributed by atoms with Gasteiger partial charge in [-0.15, -0.1) is 0 Å². The highest BCUT2D eigenvalue weighted by Crippen LogP contribution is 2.40. The average Bonchev–Trinajstić information content (AvgIpc) is 4.07. The largest absolute Gasteiger partial charge is 0.466 e. The van der Waals surface area contributed by atoms with Crippen molar-refractivity contribution in [1.82, 2.24) is 19.9 Å². The minimum atomic E-state index is -0.471. The van der Waals surface area contributed by atoms with Gasteiger partial charge in [-0.05, 0) is 116 Å². The Morgan fingerprint density at radius 1 is 0.453 bits per heavy atom. The molecule has 0 amide bonds. The number of nitrogens with one attached hydrogen (secondary N) is 2. The Hall–Kier alpha value is -6.54. The molecule has 5 heterocycles. The van der Waals surface area contributed by atoms with E-state index in [0.29, 0.717) is 11.4 Å². The molecule has 3 aromatic heterocycles. The number of methoxy groups -OCH3 is 2. The molecule has 0 unspecified atom stereocenters. The number of fused-ring (bicyclic) bond motifs is 8. The molecule has 0 fully saturated rings. The normalized spacial score (nSPS) is 13.3. The SMILES string of the molecule is COC(=O)/C=C/c1c2nc(c(-c3cc(C(C)(C)C)cc(C(C)(C)C)c3)c3ccc([nH]3)c(/C=C/C(=O)OC)c3nc(c(-c4cc(C(C)(C)C)cc(C(C)(C)C)c4)c4ccc1[nH]4)C=C3)C=C2. The van der Waals surface area contributed by atoms with E-state index in [9.17, 15) is 9.59 Å². The standard InChI is InChI=1S/C56H62N4O4/c1-53(2,3)35-27-33(28-36(31-35)54(4,5)6)51-45-21-17-41(57-45)39(15-25-49(61)63-13)43-19-23-47(59-43)52(34-29-37(55(7,8)9)32-38(30-34)56(10,11)12)48-24-20-44(60-48)40(16-26-50(62)64-14)42-18-22-46(51)58-42/h15-32,57,60H,1-14H3/b25-15+,26-16+,41-39?,42-40?,43-39?,44-40?,51-45?,51-46?,52-47?,52-48?. The summed E-state index contributed by atoms with van der Waals surface area (Å²) in [6, 6.07) is 21.9. The van der Waals surface area contributed by atoms with Crippen LogP contribution in [0.4, 0.5) is 0 Å². The Morgan fingerprint density at radius 2 is 0.750 bits per heavy atom. The summed E-state index contributed by atoms with van der Waals surface area (Å²) in [5.74, 6) is -0.943. The smallest absolute Gasteiger partial charge is 0.330 e. The van der Waals surface area contributed by atoms with E-state index in [1.807, 2.05) is 36.4 Å². The van der Waals surface area contributed by atoms with E-state index in [2.05, 4.69) is 142 Å². The van der Waals surface area contributed by atoms with Crippen LogP contribution in [-0.2, 0) is 40.7 Å². The van der Waals surface area contributed by atoms with Crippen LogP contribution in [0.2, 0.25) is 0 Å². The highest BCUT2D eigenvalue weighted by molar-refractivity contribution is 5.98. The zero-order valence-electron chi connectivity index (χ0n) is 39.9. The summed E-state index contributed by atoms with van der Waals surface area (Å²) in [6.07, 6.45) is 14.5. The van der Waals surface area contributed by atoms with Crippen LogP contribution in [0, 0.1) is 0 Å². The molecule has 8 heteroatoms. The van der Waals surface area contributed by atoms with Crippen LogP contribution in [0.25, 0.3) is 80.8 Å². The molecular weight excluding hydrogens is 793 g/mol. The summed E-state index contributed by atoms with van der Waals surface area (Å²) in [5.41, 5.74) is 15.6. The summed E-state index contributed by atoms with van der Waals surface area (Å²) in [6.45, 7) is 26.8. The molecule has 7 rings (SSSR count). The molecule has 2 aliphatic heterocycles. The lowest BCUT2D eigenvalue weighted by Crippen LogP contribution is -2.16. The fourth-order valence-corrected chi connectivity index (χ4v) is 7.92. The van der Waals surface area contributed by atoms with E-state index in [1.165, 1.54) is 48.6 Å². The number of aromatic amines is 2. The Bertz CT molecular complexity index is 2710. The number of ether oxygens (including phenoxy) is 2. The predicted molar refractivity (Wildman–Crippen MR) is 267 cm³/mol. The van der Waals surface area contributed by atoms with Gasteiger partial charge in [-0.25, -0.2) is 19.6 Å². The number of carbonyl (C=O) groups is 2. The maximum absolute atomic E-state index is 12.7. The van der Waals surface area contributed by atoms with Crippen LogP contribution in [0.5, 0.6) is 0 Å². The summed E-state index contributed by atoms with van der Waals surface area (Å²) in [5, 5.41) is 0. The molecule has 5 aromatic rings. The van der Waals surface area contributed by atoms with Gasteiger partial charge in [-0.1, -0.05) is 119 Å². The van der Waals surface area contributed by atoms with Crippen molar-refractivity contribution in [1.29, 1.82) is 0 Å². The minimum absolute atomic E-state index is 0.135. The van der Waals surface area contributed by atoms with Gasteiger partial charge in [0.1, 0.15) is 0 Å². The predicted octanol–water partition coefficient (Wildman–Crippen LogP) is 13.6. The second kappa shape index (κ2) is 16.9. The molecule has 0 radical (unpaired) electrons. The second-order valence-corrected chi connectivity index (χ2v) is 20.9. The summed E-state index contributed by atoms with van der Waals surface area (Å²) in [4.78, 5) is 43.6.